The molecular weight excluding hydrogens is 428 g/mol. The van der Waals surface area contributed by atoms with Crippen molar-refractivity contribution in [3.8, 4) is 0 Å². The van der Waals surface area contributed by atoms with Gasteiger partial charge in [0.1, 0.15) is 5.82 Å². The van der Waals surface area contributed by atoms with Crippen molar-refractivity contribution in [2.45, 2.75) is 56.1 Å². The summed E-state index contributed by atoms with van der Waals surface area (Å²) >= 11 is 3.21. The summed E-state index contributed by atoms with van der Waals surface area (Å²) in [5.41, 5.74) is 2.35. The average Bonchev–Trinajstić information content (AvgIpc) is 3.52. The van der Waals surface area contributed by atoms with Gasteiger partial charge in [-0.05, 0) is 48.1 Å². The van der Waals surface area contributed by atoms with E-state index in [9.17, 15) is 9.59 Å². The van der Waals surface area contributed by atoms with Gasteiger partial charge in [-0.2, -0.15) is 0 Å². The molecule has 0 atom stereocenters. The Kier molecular flexibility index (Phi) is 5.91. The molecule has 1 aliphatic carbocycles. The van der Waals surface area contributed by atoms with E-state index in [4.69, 9.17) is 0 Å². The van der Waals surface area contributed by atoms with Gasteiger partial charge in [0.15, 0.2) is 10.9 Å². The number of Topliss-reactive ketones (excluding diaryl/α,β-unsaturated/α-hetero) is 1. The van der Waals surface area contributed by atoms with Crippen molar-refractivity contribution in [2.24, 2.45) is 0 Å². The molecule has 0 bridgehead atoms. The van der Waals surface area contributed by atoms with E-state index in [1.165, 1.54) is 35.9 Å². The maximum atomic E-state index is 12.9. The molecule has 31 heavy (non-hydrogen) atoms. The van der Waals surface area contributed by atoms with Crippen molar-refractivity contribution in [1.82, 2.24) is 14.8 Å². The Morgan fingerprint density at radius 1 is 1.19 bits per heavy atom. The third-order valence-corrected chi connectivity index (χ3v) is 7.79. The first-order valence-electron chi connectivity index (χ1n) is 10.7. The van der Waals surface area contributed by atoms with Crippen LogP contribution < -0.4 is 5.32 Å². The van der Waals surface area contributed by atoms with Crippen LogP contribution in [0.15, 0.2) is 40.9 Å². The number of rotatable bonds is 7. The molecule has 3 aromatic rings. The Bertz CT molecular complexity index is 1100. The van der Waals surface area contributed by atoms with Gasteiger partial charge >= 0.3 is 0 Å². The van der Waals surface area contributed by atoms with Crippen molar-refractivity contribution < 1.29 is 9.59 Å². The first kappa shape index (κ1) is 20.5. The van der Waals surface area contributed by atoms with Crippen LogP contribution in [0, 0.1) is 0 Å². The highest BCUT2D eigenvalue weighted by atomic mass is 32.2. The number of thiophene rings is 1. The highest BCUT2D eigenvalue weighted by molar-refractivity contribution is 7.99. The van der Waals surface area contributed by atoms with Gasteiger partial charge in [-0.15, -0.1) is 21.5 Å². The van der Waals surface area contributed by atoms with Crippen molar-refractivity contribution in [1.29, 1.82) is 0 Å². The molecule has 1 fully saturated rings. The minimum Gasteiger partial charge on any atom is -0.326 e. The number of carbonyl (C=O) groups excluding carboxylic acids is 2. The molecule has 2 aromatic heterocycles. The summed E-state index contributed by atoms with van der Waals surface area (Å²) in [5, 5.41) is 14.7. The van der Waals surface area contributed by atoms with Crippen LogP contribution in [0.3, 0.4) is 0 Å². The molecule has 6 nitrogen and oxygen atoms in total. The van der Waals surface area contributed by atoms with Crippen molar-refractivity contribution in [3.05, 3.63) is 57.5 Å². The first-order chi connectivity index (χ1) is 15.2. The molecule has 2 aliphatic rings. The van der Waals surface area contributed by atoms with E-state index < -0.39 is 0 Å². The largest absolute Gasteiger partial charge is 0.326 e. The van der Waals surface area contributed by atoms with E-state index in [2.05, 4.69) is 37.6 Å². The summed E-state index contributed by atoms with van der Waals surface area (Å²) in [4.78, 5) is 25.7. The topological polar surface area (TPSA) is 76.9 Å². The Hall–Kier alpha value is -2.45. The highest BCUT2D eigenvalue weighted by Gasteiger charge is 2.24. The molecular formula is C23H24N4O2S2. The minimum atomic E-state index is -0.0205. The van der Waals surface area contributed by atoms with E-state index in [1.54, 1.807) is 17.4 Å². The van der Waals surface area contributed by atoms with E-state index in [1.807, 2.05) is 12.1 Å². The standard InChI is InChI=1S/C23H24N4O2S2/c28-20(15-8-9-19-16(11-15)12-22(29)24-19)14-31-23-26-25-21(13-18-7-4-10-30-18)27(23)17-5-2-1-3-6-17/h4,7-11,17H,1-3,5-6,12-14H2,(H,24,29). The average molecular weight is 453 g/mol. The monoisotopic (exact) mass is 452 g/mol. The molecule has 5 rings (SSSR count). The summed E-state index contributed by atoms with van der Waals surface area (Å²) in [6.45, 7) is 0. The summed E-state index contributed by atoms with van der Waals surface area (Å²) in [5.74, 6) is 1.33. The maximum absolute atomic E-state index is 12.9. The molecule has 1 aliphatic heterocycles. The summed E-state index contributed by atoms with van der Waals surface area (Å²) in [6, 6.07) is 10.1. The number of ketones is 1. The zero-order valence-corrected chi connectivity index (χ0v) is 18.8. The smallest absolute Gasteiger partial charge is 0.228 e. The Morgan fingerprint density at radius 3 is 2.87 bits per heavy atom. The molecule has 0 saturated heterocycles. The second kappa shape index (κ2) is 8.96. The lowest BCUT2D eigenvalue weighted by Crippen LogP contribution is -2.17. The van der Waals surface area contributed by atoms with Gasteiger partial charge in [0.05, 0.1) is 12.2 Å². The Balaban J connectivity index is 1.33. The molecule has 1 saturated carbocycles. The second-order valence-electron chi connectivity index (χ2n) is 8.13. The number of hydrogen-bond acceptors (Lipinski definition) is 6. The van der Waals surface area contributed by atoms with Gasteiger partial charge in [0, 0.05) is 28.6 Å². The van der Waals surface area contributed by atoms with Gasteiger partial charge < -0.3 is 9.88 Å². The van der Waals surface area contributed by atoms with Crippen LogP contribution >= 0.6 is 23.1 Å². The van der Waals surface area contributed by atoms with E-state index >= 15 is 0 Å². The number of fused-ring (bicyclic) bond motifs is 1. The first-order valence-corrected chi connectivity index (χ1v) is 12.6. The zero-order chi connectivity index (χ0) is 21.2. The fraction of sp³-hybridized carbons (Fsp3) is 0.391. The Morgan fingerprint density at radius 2 is 2.06 bits per heavy atom. The van der Waals surface area contributed by atoms with Crippen LogP contribution in [0.2, 0.25) is 0 Å². The second-order valence-corrected chi connectivity index (χ2v) is 10.1. The number of amides is 1. The van der Waals surface area contributed by atoms with Crippen LogP contribution in [0.4, 0.5) is 5.69 Å². The number of aromatic nitrogens is 3. The third kappa shape index (κ3) is 4.45. The minimum absolute atomic E-state index is 0.0205. The molecule has 3 heterocycles. The molecule has 1 amide bonds. The quantitative estimate of drug-likeness (QED) is 0.407. The zero-order valence-electron chi connectivity index (χ0n) is 17.2. The third-order valence-electron chi connectivity index (χ3n) is 5.97. The fourth-order valence-electron chi connectivity index (χ4n) is 4.42. The molecule has 1 N–H and O–H groups in total. The van der Waals surface area contributed by atoms with Crippen molar-refractivity contribution >= 4 is 40.5 Å². The summed E-state index contributed by atoms with van der Waals surface area (Å²) in [7, 11) is 0. The molecule has 0 unspecified atom stereocenters. The SMILES string of the molecule is O=C1Cc2cc(C(=O)CSc3nnc(Cc4cccs4)n3C3CCCCC3)ccc2N1. The normalized spacial score (nSPS) is 16.3. The molecule has 1 aromatic carbocycles. The van der Waals surface area contributed by atoms with Crippen molar-refractivity contribution in [2.75, 3.05) is 11.1 Å². The lowest BCUT2D eigenvalue weighted by atomic mass is 9.95. The van der Waals surface area contributed by atoms with Crippen LogP contribution in [0.25, 0.3) is 0 Å². The number of nitrogens with one attached hydrogen (secondary N) is 1. The Labute approximate surface area is 189 Å². The van der Waals surface area contributed by atoms with Gasteiger partial charge in [-0.3, -0.25) is 9.59 Å². The van der Waals surface area contributed by atoms with Gasteiger partial charge in [0.2, 0.25) is 5.91 Å². The van der Waals surface area contributed by atoms with Crippen LogP contribution in [0.1, 0.15) is 64.8 Å². The number of thioether (sulfide) groups is 1. The lowest BCUT2D eigenvalue weighted by Gasteiger charge is -2.25. The fourth-order valence-corrected chi connectivity index (χ4v) is 6.04. The summed E-state index contributed by atoms with van der Waals surface area (Å²) < 4.78 is 2.29. The van der Waals surface area contributed by atoms with E-state index in [0.717, 1.165) is 41.5 Å². The number of carbonyl (C=O) groups is 2. The number of anilines is 1. The van der Waals surface area contributed by atoms with Gasteiger partial charge in [-0.1, -0.05) is 37.1 Å². The summed E-state index contributed by atoms with van der Waals surface area (Å²) in [6.07, 6.45) is 7.15. The van der Waals surface area contributed by atoms with E-state index in [0.29, 0.717) is 23.8 Å². The van der Waals surface area contributed by atoms with E-state index in [-0.39, 0.29) is 11.7 Å². The number of benzene rings is 1. The van der Waals surface area contributed by atoms with Crippen molar-refractivity contribution in [3.63, 3.8) is 0 Å². The molecule has 0 spiro atoms. The molecule has 8 heteroatoms. The number of hydrogen-bond donors (Lipinski definition) is 1. The maximum Gasteiger partial charge on any atom is 0.228 e. The van der Waals surface area contributed by atoms with Gasteiger partial charge in [-0.25, -0.2) is 0 Å². The van der Waals surface area contributed by atoms with Crippen LogP contribution in [0.5, 0.6) is 0 Å². The van der Waals surface area contributed by atoms with Crippen LogP contribution in [-0.4, -0.2) is 32.2 Å². The highest BCUT2D eigenvalue weighted by Crippen LogP contribution is 2.34. The predicted octanol–water partition coefficient (Wildman–Crippen LogP) is 4.91. The predicted molar refractivity (Wildman–Crippen MR) is 123 cm³/mol. The van der Waals surface area contributed by atoms with Crippen LogP contribution in [-0.2, 0) is 17.6 Å². The van der Waals surface area contributed by atoms with Gasteiger partial charge in [0.25, 0.3) is 0 Å². The molecule has 160 valence electrons. The lowest BCUT2D eigenvalue weighted by molar-refractivity contribution is -0.115. The molecule has 0 radical (unpaired) electrons. The number of nitrogens with zero attached hydrogens (tertiary/aromatic N) is 3.